The molecule has 0 N–H and O–H groups in total. The van der Waals surface area contributed by atoms with E-state index in [1.165, 1.54) is 5.56 Å². The van der Waals surface area contributed by atoms with Gasteiger partial charge in [-0.25, -0.2) is 0 Å². The molecule has 2 aromatic rings. The summed E-state index contributed by atoms with van der Waals surface area (Å²) in [6, 6.07) is 20.4. The molecule has 3 heteroatoms. The Morgan fingerprint density at radius 2 is 1.65 bits per heavy atom. The van der Waals surface area contributed by atoms with E-state index in [1.807, 2.05) is 36.4 Å². The van der Waals surface area contributed by atoms with Gasteiger partial charge in [-0.3, -0.25) is 9.69 Å². The molecule has 3 nitrogen and oxygen atoms in total. The van der Waals surface area contributed by atoms with Crippen LogP contribution in [0.15, 0.2) is 60.7 Å². The number of Topliss-reactive ketones (excluding diaryl/α,β-unsaturated/α-hetero) is 1. The molecular formula is C20H23NO2. The van der Waals surface area contributed by atoms with Crippen LogP contribution in [0, 0.1) is 5.92 Å². The molecule has 0 aliphatic carbocycles. The van der Waals surface area contributed by atoms with Crippen molar-refractivity contribution in [2.24, 2.45) is 5.92 Å². The normalized spacial score (nSPS) is 18.2. The van der Waals surface area contributed by atoms with Crippen LogP contribution >= 0.6 is 0 Å². The zero-order chi connectivity index (χ0) is 15.9. The van der Waals surface area contributed by atoms with Crippen molar-refractivity contribution in [3.05, 3.63) is 71.8 Å². The number of benzene rings is 2. The zero-order valence-corrected chi connectivity index (χ0v) is 13.4. The summed E-state index contributed by atoms with van der Waals surface area (Å²) < 4.78 is 5.58. The van der Waals surface area contributed by atoms with Crippen LogP contribution < -0.4 is 0 Å². The highest BCUT2D eigenvalue weighted by atomic mass is 16.5. The third-order valence-electron chi connectivity index (χ3n) is 4.33. The number of carbonyl (C=O) groups is 1. The summed E-state index contributed by atoms with van der Waals surface area (Å²) in [5.41, 5.74) is 2.42. The lowest BCUT2D eigenvalue weighted by atomic mass is 10.0. The molecule has 1 unspecified atom stereocenters. The SMILES string of the molecule is O=C(COCc1ccccc1)C1CCN(Cc2ccccc2)C1. The topological polar surface area (TPSA) is 29.5 Å². The Bertz CT molecular complexity index is 612. The van der Waals surface area contributed by atoms with Gasteiger partial charge in [-0.05, 0) is 24.1 Å². The van der Waals surface area contributed by atoms with E-state index in [0.29, 0.717) is 6.61 Å². The van der Waals surface area contributed by atoms with E-state index in [0.717, 1.165) is 31.6 Å². The first-order valence-electron chi connectivity index (χ1n) is 8.22. The van der Waals surface area contributed by atoms with E-state index in [2.05, 4.69) is 29.2 Å². The van der Waals surface area contributed by atoms with Crippen molar-refractivity contribution in [2.45, 2.75) is 19.6 Å². The van der Waals surface area contributed by atoms with Gasteiger partial charge in [0.05, 0.1) is 6.61 Å². The number of ether oxygens (including phenoxy) is 1. The minimum absolute atomic E-state index is 0.120. The highest BCUT2D eigenvalue weighted by molar-refractivity contribution is 5.82. The van der Waals surface area contributed by atoms with Gasteiger partial charge >= 0.3 is 0 Å². The van der Waals surface area contributed by atoms with Crippen LogP contribution in [0.2, 0.25) is 0 Å². The first kappa shape index (κ1) is 15.9. The van der Waals surface area contributed by atoms with E-state index in [9.17, 15) is 4.79 Å². The number of hydrogen-bond acceptors (Lipinski definition) is 3. The molecule has 0 radical (unpaired) electrons. The smallest absolute Gasteiger partial charge is 0.162 e. The minimum Gasteiger partial charge on any atom is -0.369 e. The molecular weight excluding hydrogens is 286 g/mol. The molecule has 1 fully saturated rings. The Morgan fingerprint density at radius 3 is 2.35 bits per heavy atom. The van der Waals surface area contributed by atoms with Gasteiger partial charge in [0.2, 0.25) is 0 Å². The van der Waals surface area contributed by atoms with E-state index in [4.69, 9.17) is 4.74 Å². The van der Waals surface area contributed by atoms with Crippen molar-refractivity contribution >= 4 is 5.78 Å². The molecule has 1 aliphatic heterocycles. The summed E-state index contributed by atoms with van der Waals surface area (Å²) in [7, 11) is 0. The highest BCUT2D eigenvalue weighted by Crippen LogP contribution is 2.19. The number of likely N-dealkylation sites (tertiary alicyclic amines) is 1. The second-order valence-electron chi connectivity index (χ2n) is 6.15. The van der Waals surface area contributed by atoms with Gasteiger partial charge in [-0.2, -0.15) is 0 Å². The Morgan fingerprint density at radius 1 is 1.00 bits per heavy atom. The van der Waals surface area contributed by atoms with Gasteiger partial charge in [0.15, 0.2) is 5.78 Å². The van der Waals surface area contributed by atoms with Gasteiger partial charge < -0.3 is 4.74 Å². The predicted octanol–water partition coefficient (Wildman–Crippen LogP) is 3.29. The Hall–Kier alpha value is -1.97. The standard InChI is InChI=1S/C20H23NO2/c22-20(16-23-15-18-9-5-2-6-10-18)19-11-12-21(14-19)13-17-7-3-1-4-8-17/h1-10,19H,11-16H2. The van der Waals surface area contributed by atoms with Gasteiger partial charge in [0.25, 0.3) is 0 Å². The maximum atomic E-state index is 12.3. The number of rotatable bonds is 7. The van der Waals surface area contributed by atoms with E-state index < -0.39 is 0 Å². The van der Waals surface area contributed by atoms with Crippen molar-refractivity contribution in [1.82, 2.24) is 4.90 Å². The van der Waals surface area contributed by atoms with Gasteiger partial charge in [0.1, 0.15) is 6.61 Å². The van der Waals surface area contributed by atoms with E-state index in [1.54, 1.807) is 0 Å². The lowest BCUT2D eigenvalue weighted by Gasteiger charge is -2.15. The predicted molar refractivity (Wildman–Crippen MR) is 90.9 cm³/mol. The summed E-state index contributed by atoms with van der Waals surface area (Å²) in [6.07, 6.45) is 0.945. The lowest BCUT2D eigenvalue weighted by Crippen LogP contribution is -2.25. The van der Waals surface area contributed by atoms with Crippen LogP contribution in [0.5, 0.6) is 0 Å². The summed E-state index contributed by atoms with van der Waals surface area (Å²) >= 11 is 0. The van der Waals surface area contributed by atoms with Crippen LogP contribution in [-0.4, -0.2) is 30.4 Å². The number of ketones is 1. The molecule has 0 bridgehead atoms. The molecule has 1 heterocycles. The lowest BCUT2D eigenvalue weighted by molar-refractivity contribution is -0.127. The average Bonchev–Trinajstić information content (AvgIpc) is 3.05. The number of carbonyl (C=O) groups excluding carboxylic acids is 1. The monoisotopic (exact) mass is 309 g/mol. The van der Waals surface area contributed by atoms with E-state index in [-0.39, 0.29) is 18.3 Å². The zero-order valence-electron chi connectivity index (χ0n) is 13.4. The van der Waals surface area contributed by atoms with E-state index >= 15 is 0 Å². The Labute approximate surface area is 137 Å². The van der Waals surface area contributed by atoms with Crippen molar-refractivity contribution in [1.29, 1.82) is 0 Å². The molecule has 0 spiro atoms. The summed E-state index contributed by atoms with van der Waals surface area (Å²) in [5, 5.41) is 0. The average molecular weight is 309 g/mol. The second kappa shape index (κ2) is 8.04. The Balaban J connectivity index is 1.41. The fourth-order valence-electron chi connectivity index (χ4n) is 3.04. The molecule has 1 saturated heterocycles. The molecule has 120 valence electrons. The summed E-state index contributed by atoms with van der Waals surface area (Å²) in [6.45, 7) is 3.49. The molecule has 2 aromatic carbocycles. The van der Waals surface area contributed by atoms with Crippen LogP contribution in [0.3, 0.4) is 0 Å². The molecule has 1 aliphatic rings. The number of nitrogens with zero attached hydrogens (tertiary/aromatic N) is 1. The third-order valence-corrected chi connectivity index (χ3v) is 4.33. The minimum atomic E-state index is 0.120. The second-order valence-corrected chi connectivity index (χ2v) is 6.15. The van der Waals surface area contributed by atoms with Crippen molar-refractivity contribution in [3.8, 4) is 0 Å². The van der Waals surface area contributed by atoms with Gasteiger partial charge in [0, 0.05) is 19.0 Å². The Kier molecular flexibility index (Phi) is 5.56. The molecule has 3 rings (SSSR count). The van der Waals surface area contributed by atoms with Crippen molar-refractivity contribution < 1.29 is 9.53 Å². The van der Waals surface area contributed by atoms with Gasteiger partial charge in [-0.1, -0.05) is 60.7 Å². The first-order valence-corrected chi connectivity index (χ1v) is 8.22. The van der Waals surface area contributed by atoms with Crippen LogP contribution in [0.4, 0.5) is 0 Å². The molecule has 23 heavy (non-hydrogen) atoms. The maximum Gasteiger partial charge on any atom is 0.162 e. The van der Waals surface area contributed by atoms with Crippen molar-refractivity contribution in [2.75, 3.05) is 19.7 Å². The molecule has 0 aromatic heterocycles. The third kappa shape index (κ3) is 4.75. The van der Waals surface area contributed by atoms with Crippen LogP contribution in [0.25, 0.3) is 0 Å². The highest BCUT2D eigenvalue weighted by Gasteiger charge is 2.27. The van der Waals surface area contributed by atoms with Crippen LogP contribution in [0.1, 0.15) is 17.5 Å². The molecule has 1 atom stereocenters. The van der Waals surface area contributed by atoms with Gasteiger partial charge in [-0.15, -0.1) is 0 Å². The fourth-order valence-corrected chi connectivity index (χ4v) is 3.04. The fraction of sp³-hybridized carbons (Fsp3) is 0.350. The summed E-state index contributed by atoms with van der Waals surface area (Å²) in [5.74, 6) is 0.353. The number of hydrogen-bond donors (Lipinski definition) is 0. The quantitative estimate of drug-likeness (QED) is 0.786. The van der Waals surface area contributed by atoms with Crippen LogP contribution in [-0.2, 0) is 22.7 Å². The maximum absolute atomic E-state index is 12.3. The first-order chi connectivity index (χ1) is 11.3. The molecule has 0 saturated carbocycles. The van der Waals surface area contributed by atoms with Crippen molar-refractivity contribution in [3.63, 3.8) is 0 Å². The molecule has 0 amide bonds. The largest absolute Gasteiger partial charge is 0.369 e. The summed E-state index contributed by atoms with van der Waals surface area (Å²) in [4.78, 5) is 14.6.